The van der Waals surface area contributed by atoms with Gasteiger partial charge in [-0.1, -0.05) is 60.7 Å². The zero-order valence-corrected chi connectivity index (χ0v) is 18.2. The van der Waals surface area contributed by atoms with Crippen molar-refractivity contribution in [3.05, 3.63) is 71.8 Å². The number of fused-ring (bicyclic) bond motifs is 1. The lowest BCUT2D eigenvalue weighted by Crippen LogP contribution is -2.52. The molecular formula is C24H29NO7. The van der Waals surface area contributed by atoms with Crippen molar-refractivity contribution in [2.75, 3.05) is 6.61 Å². The number of benzene rings is 2. The van der Waals surface area contributed by atoms with Crippen LogP contribution in [0.4, 0.5) is 4.79 Å². The van der Waals surface area contributed by atoms with Crippen molar-refractivity contribution < 1.29 is 33.6 Å². The summed E-state index contributed by atoms with van der Waals surface area (Å²) in [4.78, 5) is 12.4. The van der Waals surface area contributed by atoms with E-state index in [9.17, 15) is 9.90 Å². The lowest BCUT2D eigenvalue weighted by Gasteiger charge is -2.30. The molecule has 0 saturated carbocycles. The molecule has 0 aromatic heterocycles. The highest BCUT2D eigenvalue weighted by atomic mass is 16.8. The molecule has 0 spiro atoms. The summed E-state index contributed by atoms with van der Waals surface area (Å²) in [7, 11) is 0. The van der Waals surface area contributed by atoms with Crippen molar-refractivity contribution in [1.29, 1.82) is 0 Å². The van der Waals surface area contributed by atoms with Crippen LogP contribution in [0.15, 0.2) is 60.7 Å². The van der Waals surface area contributed by atoms with Crippen LogP contribution in [0.25, 0.3) is 0 Å². The SMILES string of the molecule is CC1(C)O[C@H]2O[C@H](C(CO)NC(=O)OCc3ccccc3)[C@H](OCc3ccccc3)[C@H]2O1. The van der Waals surface area contributed by atoms with Crippen molar-refractivity contribution in [2.45, 2.75) is 63.5 Å². The Bertz CT molecular complexity index is 876. The minimum Gasteiger partial charge on any atom is -0.445 e. The predicted molar refractivity (Wildman–Crippen MR) is 114 cm³/mol. The number of hydrogen-bond acceptors (Lipinski definition) is 7. The smallest absolute Gasteiger partial charge is 0.407 e. The molecule has 1 unspecified atom stereocenters. The summed E-state index contributed by atoms with van der Waals surface area (Å²) in [5.41, 5.74) is 1.85. The van der Waals surface area contributed by atoms with Gasteiger partial charge in [-0.3, -0.25) is 0 Å². The second-order valence-corrected chi connectivity index (χ2v) is 8.33. The molecule has 8 heteroatoms. The number of aliphatic hydroxyl groups excluding tert-OH is 1. The fourth-order valence-corrected chi connectivity index (χ4v) is 3.93. The highest BCUT2D eigenvalue weighted by Gasteiger charge is 2.57. The zero-order chi connectivity index (χ0) is 22.6. The minimum absolute atomic E-state index is 0.121. The number of aliphatic hydroxyl groups is 1. The Hall–Kier alpha value is -2.49. The first-order valence-corrected chi connectivity index (χ1v) is 10.7. The van der Waals surface area contributed by atoms with Crippen molar-refractivity contribution in [3.8, 4) is 0 Å². The normalized spacial score (nSPS) is 27.0. The van der Waals surface area contributed by atoms with Gasteiger partial charge in [0, 0.05) is 0 Å². The van der Waals surface area contributed by atoms with E-state index in [0.717, 1.165) is 11.1 Å². The Morgan fingerprint density at radius 2 is 1.66 bits per heavy atom. The number of rotatable bonds is 8. The van der Waals surface area contributed by atoms with Crippen LogP contribution in [0.1, 0.15) is 25.0 Å². The van der Waals surface area contributed by atoms with Gasteiger partial charge in [0.15, 0.2) is 12.1 Å². The van der Waals surface area contributed by atoms with Crippen LogP contribution in [-0.4, -0.2) is 54.2 Å². The molecule has 4 rings (SSSR count). The minimum atomic E-state index is -0.814. The molecule has 172 valence electrons. The number of ether oxygens (including phenoxy) is 5. The lowest BCUT2D eigenvalue weighted by atomic mass is 10.0. The Labute approximate surface area is 187 Å². The van der Waals surface area contributed by atoms with E-state index in [-0.39, 0.29) is 13.2 Å². The van der Waals surface area contributed by atoms with E-state index in [1.165, 1.54) is 0 Å². The van der Waals surface area contributed by atoms with Crippen LogP contribution >= 0.6 is 0 Å². The largest absolute Gasteiger partial charge is 0.445 e. The summed E-state index contributed by atoms with van der Waals surface area (Å²) in [6.07, 6.45) is -3.05. The van der Waals surface area contributed by atoms with E-state index in [1.807, 2.05) is 60.7 Å². The lowest BCUT2D eigenvalue weighted by molar-refractivity contribution is -0.223. The van der Waals surface area contributed by atoms with Crippen LogP contribution in [0.3, 0.4) is 0 Å². The van der Waals surface area contributed by atoms with E-state index >= 15 is 0 Å². The highest BCUT2D eigenvalue weighted by Crippen LogP contribution is 2.40. The number of carbonyl (C=O) groups is 1. The molecular weight excluding hydrogens is 414 g/mol. The number of carbonyl (C=O) groups excluding carboxylic acids is 1. The van der Waals surface area contributed by atoms with Gasteiger partial charge in [-0.05, 0) is 25.0 Å². The summed E-state index contributed by atoms with van der Waals surface area (Å²) in [5.74, 6) is -0.814. The van der Waals surface area contributed by atoms with Gasteiger partial charge >= 0.3 is 6.09 Å². The Kier molecular flexibility index (Phi) is 7.07. The Morgan fingerprint density at radius 1 is 1.03 bits per heavy atom. The number of amides is 1. The summed E-state index contributed by atoms with van der Waals surface area (Å²) in [5, 5.41) is 12.7. The molecule has 32 heavy (non-hydrogen) atoms. The molecule has 2 heterocycles. The summed E-state index contributed by atoms with van der Waals surface area (Å²) < 4.78 is 29.3. The van der Waals surface area contributed by atoms with Crippen molar-refractivity contribution in [2.24, 2.45) is 0 Å². The zero-order valence-electron chi connectivity index (χ0n) is 18.2. The summed E-state index contributed by atoms with van der Waals surface area (Å²) >= 11 is 0. The maximum Gasteiger partial charge on any atom is 0.407 e. The van der Waals surface area contributed by atoms with Crippen LogP contribution in [0, 0.1) is 0 Å². The first-order chi connectivity index (χ1) is 15.4. The van der Waals surface area contributed by atoms with Crippen LogP contribution < -0.4 is 5.32 Å². The van der Waals surface area contributed by atoms with E-state index in [2.05, 4.69) is 5.32 Å². The molecule has 5 atom stereocenters. The van der Waals surface area contributed by atoms with Gasteiger partial charge in [0.25, 0.3) is 0 Å². The van der Waals surface area contributed by atoms with Crippen LogP contribution in [0.5, 0.6) is 0 Å². The summed E-state index contributed by atoms with van der Waals surface area (Å²) in [6, 6.07) is 18.3. The Balaban J connectivity index is 1.41. The second kappa shape index (κ2) is 9.97. The second-order valence-electron chi connectivity index (χ2n) is 8.33. The van der Waals surface area contributed by atoms with Gasteiger partial charge in [-0.25, -0.2) is 4.79 Å². The fourth-order valence-electron chi connectivity index (χ4n) is 3.93. The third kappa shape index (κ3) is 5.46. The maximum atomic E-state index is 12.4. The highest BCUT2D eigenvalue weighted by molar-refractivity contribution is 5.67. The van der Waals surface area contributed by atoms with E-state index in [0.29, 0.717) is 6.61 Å². The first kappa shape index (κ1) is 22.7. The first-order valence-electron chi connectivity index (χ1n) is 10.7. The molecule has 2 aromatic rings. The monoisotopic (exact) mass is 443 g/mol. The number of alkyl carbamates (subject to hydrolysis) is 1. The van der Waals surface area contributed by atoms with Crippen molar-refractivity contribution in [3.63, 3.8) is 0 Å². The van der Waals surface area contributed by atoms with Gasteiger partial charge in [-0.2, -0.15) is 0 Å². The molecule has 0 bridgehead atoms. The molecule has 0 radical (unpaired) electrons. The van der Waals surface area contributed by atoms with Gasteiger partial charge in [0.05, 0.1) is 19.3 Å². The van der Waals surface area contributed by atoms with Crippen LogP contribution in [-0.2, 0) is 36.9 Å². The van der Waals surface area contributed by atoms with E-state index in [4.69, 9.17) is 23.7 Å². The predicted octanol–water partition coefficient (Wildman–Crippen LogP) is 2.74. The Morgan fingerprint density at radius 3 is 2.28 bits per heavy atom. The molecule has 2 aliphatic rings. The quantitative estimate of drug-likeness (QED) is 0.648. The molecule has 8 nitrogen and oxygen atoms in total. The maximum absolute atomic E-state index is 12.4. The average Bonchev–Trinajstić information content (AvgIpc) is 3.27. The third-order valence-corrected chi connectivity index (χ3v) is 5.42. The molecule has 2 fully saturated rings. The standard InChI is InChI=1S/C24H29NO7/c1-24(2)31-21-20(28-14-16-9-5-3-6-10-16)19(30-22(21)32-24)18(13-26)25-23(27)29-15-17-11-7-4-8-12-17/h3-12,18-22,26H,13-15H2,1-2H3,(H,25,27)/t18?,19-,20+,21-,22-/m1/s1. The molecule has 1 amide bonds. The van der Waals surface area contributed by atoms with Gasteiger partial charge in [0.1, 0.15) is 24.9 Å². The topological polar surface area (TPSA) is 95.5 Å². The van der Waals surface area contributed by atoms with E-state index < -0.39 is 42.5 Å². The summed E-state index contributed by atoms with van der Waals surface area (Å²) in [6.45, 7) is 3.70. The van der Waals surface area contributed by atoms with Gasteiger partial charge < -0.3 is 34.1 Å². The van der Waals surface area contributed by atoms with Crippen molar-refractivity contribution >= 4 is 6.09 Å². The van der Waals surface area contributed by atoms with Crippen molar-refractivity contribution in [1.82, 2.24) is 5.32 Å². The third-order valence-electron chi connectivity index (χ3n) is 5.42. The number of nitrogens with one attached hydrogen (secondary N) is 1. The van der Waals surface area contributed by atoms with Crippen LogP contribution in [0.2, 0.25) is 0 Å². The average molecular weight is 443 g/mol. The van der Waals surface area contributed by atoms with E-state index in [1.54, 1.807) is 13.8 Å². The van der Waals surface area contributed by atoms with Gasteiger partial charge in [-0.15, -0.1) is 0 Å². The fraction of sp³-hybridized carbons (Fsp3) is 0.458. The number of hydrogen-bond donors (Lipinski definition) is 2. The molecule has 2 aromatic carbocycles. The molecule has 2 N–H and O–H groups in total. The molecule has 0 aliphatic carbocycles. The molecule has 2 aliphatic heterocycles. The van der Waals surface area contributed by atoms with Gasteiger partial charge in [0.2, 0.25) is 0 Å². The molecule has 2 saturated heterocycles.